The first-order chi connectivity index (χ1) is 12.6. The summed E-state index contributed by atoms with van der Waals surface area (Å²) >= 11 is 0. The van der Waals surface area contributed by atoms with Crippen LogP contribution in [0.25, 0.3) is 0 Å². The van der Waals surface area contributed by atoms with Crippen LogP contribution >= 0.6 is 0 Å². The molecule has 0 amide bonds. The molecule has 0 aliphatic carbocycles. The van der Waals surface area contributed by atoms with Crippen LogP contribution in [0.1, 0.15) is 73.6 Å². The van der Waals surface area contributed by atoms with Crippen molar-refractivity contribution in [2.45, 2.75) is 91.1 Å². The second-order valence-electron chi connectivity index (χ2n) is 6.80. The van der Waals surface area contributed by atoms with Crippen molar-refractivity contribution in [2.75, 3.05) is 33.0 Å². The Morgan fingerprint density at radius 2 is 1.04 bits per heavy atom. The molecular formula is C19H44O5Si2. The van der Waals surface area contributed by atoms with Gasteiger partial charge in [-0.05, 0) is 38.1 Å². The van der Waals surface area contributed by atoms with E-state index >= 15 is 0 Å². The average molecular weight is 409 g/mol. The van der Waals surface area contributed by atoms with Gasteiger partial charge in [-0.1, -0.05) is 41.5 Å². The zero-order chi connectivity index (χ0) is 19.7. The fourth-order valence-electron chi connectivity index (χ4n) is 2.56. The highest BCUT2D eigenvalue weighted by molar-refractivity contribution is 6.73. The van der Waals surface area contributed by atoms with Crippen LogP contribution in [0.15, 0.2) is 0 Å². The van der Waals surface area contributed by atoms with Crippen molar-refractivity contribution in [3.05, 3.63) is 0 Å². The number of ether oxygens (including phenoxy) is 2. The molecule has 158 valence electrons. The summed E-state index contributed by atoms with van der Waals surface area (Å²) in [5.74, 6) is 0. The van der Waals surface area contributed by atoms with Gasteiger partial charge >= 0.3 is 8.80 Å². The maximum Gasteiger partial charge on any atom is 0.500 e. The molecule has 0 N–H and O–H groups in total. The van der Waals surface area contributed by atoms with Crippen molar-refractivity contribution >= 4 is 18.3 Å². The molecule has 0 aliphatic rings. The molecule has 0 rings (SSSR count). The Balaban J connectivity index is 4.93. The van der Waals surface area contributed by atoms with Crippen molar-refractivity contribution in [1.82, 2.24) is 0 Å². The summed E-state index contributed by atoms with van der Waals surface area (Å²) in [4.78, 5) is 0. The quantitative estimate of drug-likeness (QED) is 0.235. The van der Waals surface area contributed by atoms with Crippen molar-refractivity contribution in [1.29, 1.82) is 0 Å². The van der Waals surface area contributed by atoms with Crippen molar-refractivity contribution < 1.29 is 22.8 Å². The highest BCUT2D eigenvalue weighted by Gasteiger charge is 2.47. The summed E-state index contributed by atoms with van der Waals surface area (Å²) in [6.45, 7) is 16.6. The number of hydrogen-bond acceptors (Lipinski definition) is 5. The van der Waals surface area contributed by atoms with Gasteiger partial charge in [0.05, 0.1) is 0 Å². The van der Waals surface area contributed by atoms with Crippen LogP contribution in [0.2, 0.25) is 11.2 Å². The summed E-state index contributed by atoms with van der Waals surface area (Å²) in [5, 5.41) is 0.366. The molecule has 1 unspecified atom stereocenters. The van der Waals surface area contributed by atoms with Crippen LogP contribution in [0, 0.1) is 0 Å². The average Bonchev–Trinajstić information content (AvgIpc) is 2.66. The van der Waals surface area contributed by atoms with Gasteiger partial charge in [-0.3, -0.25) is 0 Å². The van der Waals surface area contributed by atoms with Crippen molar-refractivity contribution in [3.63, 3.8) is 0 Å². The van der Waals surface area contributed by atoms with Crippen LogP contribution in [-0.4, -0.2) is 57.6 Å². The second kappa shape index (κ2) is 17.3. The molecule has 0 saturated carbocycles. The van der Waals surface area contributed by atoms with Crippen LogP contribution < -0.4 is 0 Å². The Morgan fingerprint density at radius 1 is 0.654 bits per heavy atom. The SMILES string of the molecule is CCCOC(C[SiH2]C(C)[Si](OCCC)(OCCC)OCCC)OCCC. The van der Waals surface area contributed by atoms with E-state index in [-0.39, 0.29) is 6.29 Å². The third kappa shape index (κ3) is 11.2. The minimum Gasteiger partial charge on any atom is -0.373 e. The van der Waals surface area contributed by atoms with Gasteiger partial charge < -0.3 is 22.8 Å². The van der Waals surface area contributed by atoms with E-state index in [2.05, 4.69) is 41.5 Å². The fraction of sp³-hybridized carbons (Fsp3) is 1.00. The largest absolute Gasteiger partial charge is 0.500 e. The summed E-state index contributed by atoms with van der Waals surface area (Å²) in [7, 11) is -3.16. The third-order valence-corrected chi connectivity index (χ3v) is 11.0. The number of hydrogen-bond donors (Lipinski definition) is 0. The molecule has 26 heavy (non-hydrogen) atoms. The van der Waals surface area contributed by atoms with Gasteiger partial charge in [0.1, 0.15) is 0 Å². The monoisotopic (exact) mass is 408 g/mol. The molecule has 0 aromatic carbocycles. The molecule has 0 aromatic rings. The van der Waals surface area contributed by atoms with Gasteiger partial charge in [-0.2, -0.15) is 0 Å². The summed E-state index contributed by atoms with van der Waals surface area (Å²) in [6.07, 6.45) is 4.89. The van der Waals surface area contributed by atoms with Crippen molar-refractivity contribution in [2.24, 2.45) is 0 Å². The van der Waals surface area contributed by atoms with E-state index in [0.29, 0.717) is 25.0 Å². The van der Waals surface area contributed by atoms with Crippen LogP contribution in [0.5, 0.6) is 0 Å². The molecule has 0 spiro atoms. The van der Waals surface area contributed by atoms with Gasteiger partial charge in [-0.15, -0.1) is 0 Å². The topological polar surface area (TPSA) is 46.2 Å². The lowest BCUT2D eigenvalue weighted by Crippen LogP contribution is -2.52. The lowest BCUT2D eigenvalue weighted by atomic mass is 10.5. The van der Waals surface area contributed by atoms with E-state index in [0.717, 1.165) is 51.4 Å². The molecule has 0 saturated heterocycles. The van der Waals surface area contributed by atoms with E-state index in [4.69, 9.17) is 22.8 Å². The summed E-state index contributed by atoms with van der Waals surface area (Å²) in [5.41, 5.74) is 0. The Morgan fingerprint density at radius 3 is 1.38 bits per heavy atom. The van der Waals surface area contributed by atoms with E-state index in [1.807, 2.05) is 0 Å². The molecule has 0 aromatic heterocycles. The molecule has 0 fully saturated rings. The van der Waals surface area contributed by atoms with Crippen LogP contribution in [-0.2, 0) is 22.8 Å². The fourth-order valence-corrected chi connectivity index (χ4v) is 9.21. The predicted octanol–water partition coefficient (Wildman–Crippen LogP) is 4.32. The number of rotatable bonds is 19. The predicted molar refractivity (Wildman–Crippen MR) is 114 cm³/mol. The second-order valence-corrected chi connectivity index (χ2v) is 13.1. The molecule has 0 heterocycles. The molecular weight excluding hydrogens is 364 g/mol. The normalized spacial score (nSPS) is 14.0. The molecule has 0 aliphatic heterocycles. The Kier molecular flexibility index (Phi) is 17.5. The first-order valence-electron chi connectivity index (χ1n) is 10.7. The summed E-state index contributed by atoms with van der Waals surface area (Å²) in [6, 6.07) is 0.983. The Bertz CT molecular complexity index is 278. The molecule has 0 radical (unpaired) electrons. The van der Waals surface area contributed by atoms with E-state index < -0.39 is 18.3 Å². The van der Waals surface area contributed by atoms with Gasteiger partial charge in [0.2, 0.25) is 0 Å². The maximum atomic E-state index is 6.29. The minimum atomic E-state index is -2.64. The lowest BCUT2D eigenvalue weighted by molar-refractivity contribution is -0.129. The summed E-state index contributed by atoms with van der Waals surface area (Å²) < 4.78 is 30.7. The van der Waals surface area contributed by atoms with Gasteiger partial charge in [0, 0.05) is 47.7 Å². The van der Waals surface area contributed by atoms with Gasteiger partial charge in [0.15, 0.2) is 6.29 Å². The highest BCUT2D eigenvalue weighted by atomic mass is 28.4. The first-order valence-corrected chi connectivity index (χ1v) is 14.4. The maximum absolute atomic E-state index is 6.29. The molecule has 7 heteroatoms. The van der Waals surface area contributed by atoms with Crippen LogP contribution in [0.3, 0.4) is 0 Å². The third-order valence-electron chi connectivity index (χ3n) is 3.98. The minimum absolute atomic E-state index is 0.0840. The smallest absolute Gasteiger partial charge is 0.373 e. The van der Waals surface area contributed by atoms with Crippen molar-refractivity contribution in [3.8, 4) is 0 Å². The zero-order valence-corrected chi connectivity index (χ0v) is 20.6. The lowest BCUT2D eigenvalue weighted by Gasteiger charge is -2.34. The highest BCUT2D eigenvalue weighted by Crippen LogP contribution is 2.27. The zero-order valence-electron chi connectivity index (χ0n) is 18.2. The van der Waals surface area contributed by atoms with Gasteiger partial charge in [0.25, 0.3) is 0 Å². The standard InChI is InChI=1S/C19H44O5Si2/c1-7-12-20-19(21-13-8-2)17-25-18(6)26(22-14-9-3,23-15-10-4)24-16-11-5/h18-19H,7-17,25H2,1-6H3. The first kappa shape index (κ1) is 26.2. The Hall–Kier alpha value is 0.234. The molecule has 5 nitrogen and oxygen atoms in total. The Labute approximate surface area is 165 Å². The van der Waals surface area contributed by atoms with E-state index in [1.165, 1.54) is 0 Å². The van der Waals surface area contributed by atoms with Crippen LogP contribution in [0.4, 0.5) is 0 Å². The van der Waals surface area contributed by atoms with Gasteiger partial charge in [-0.25, -0.2) is 0 Å². The molecule has 0 bridgehead atoms. The molecule has 1 atom stereocenters. The van der Waals surface area contributed by atoms with E-state index in [1.54, 1.807) is 0 Å². The van der Waals surface area contributed by atoms with E-state index in [9.17, 15) is 0 Å².